The highest BCUT2D eigenvalue weighted by Crippen LogP contribution is 2.35. The Labute approximate surface area is 151 Å². The number of hydrogen-bond donors (Lipinski definition) is 0. The summed E-state index contributed by atoms with van der Waals surface area (Å²) in [5, 5.41) is 11.4. The van der Waals surface area contributed by atoms with Gasteiger partial charge >= 0.3 is 11.7 Å². The molecule has 134 valence electrons. The molecule has 3 aromatic rings. The lowest BCUT2D eigenvalue weighted by atomic mass is 10.1. The second-order valence-electron chi connectivity index (χ2n) is 5.26. The van der Waals surface area contributed by atoms with Crippen LogP contribution >= 0.6 is 11.3 Å². The number of para-hydroxylation sites is 2. The van der Waals surface area contributed by atoms with Gasteiger partial charge in [0, 0.05) is 21.7 Å². The Morgan fingerprint density at radius 1 is 1.23 bits per heavy atom. The molecule has 0 radical (unpaired) electrons. The molecule has 0 amide bonds. The molecule has 0 saturated heterocycles. The number of carbonyl (C=O) groups is 1. The first-order valence-electron chi connectivity index (χ1n) is 7.76. The van der Waals surface area contributed by atoms with E-state index in [-0.39, 0.29) is 34.9 Å². The summed E-state index contributed by atoms with van der Waals surface area (Å²) in [7, 11) is 0. The van der Waals surface area contributed by atoms with E-state index < -0.39 is 16.7 Å². The Morgan fingerprint density at radius 2 is 2.00 bits per heavy atom. The number of nitro benzene ring substituents is 1. The van der Waals surface area contributed by atoms with Gasteiger partial charge in [-0.15, -0.1) is 11.3 Å². The van der Waals surface area contributed by atoms with Crippen LogP contribution in [0, 0.1) is 15.9 Å². The maximum Gasteiger partial charge on any atom is 0.348 e. The van der Waals surface area contributed by atoms with Gasteiger partial charge in [0.1, 0.15) is 17.3 Å². The monoisotopic (exact) mass is 375 g/mol. The van der Waals surface area contributed by atoms with Gasteiger partial charge in [-0.05, 0) is 25.1 Å². The number of fused-ring (bicyclic) bond motifs is 1. The Balaban J connectivity index is 2.02. The number of ether oxygens (including phenoxy) is 2. The van der Waals surface area contributed by atoms with E-state index in [0.717, 1.165) is 11.3 Å². The molecule has 0 aliphatic rings. The standard InChI is InChI=1S/C18H14FNO5S/c1-2-24-18(21)17-11(16-12(19)6-5-9-15(16)26-17)10-25-14-8-4-3-7-13(14)20(22)23/h3-9H,2,10H2,1H3. The van der Waals surface area contributed by atoms with Gasteiger partial charge in [0.15, 0.2) is 5.75 Å². The third kappa shape index (κ3) is 3.36. The van der Waals surface area contributed by atoms with Gasteiger partial charge in [-0.1, -0.05) is 18.2 Å². The number of hydrogen-bond acceptors (Lipinski definition) is 6. The van der Waals surface area contributed by atoms with Gasteiger partial charge in [-0.3, -0.25) is 10.1 Å². The van der Waals surface area contributed by atoms with E-state index >= 15 is 0 Å². The first-order valence-corrected chi connectivity index (χ1v) is 8.57. The summed E-state index contributed by atoms with van der Waals surface area (Å²) < 4.78 is 25.5. The Bertz CT molecular complexity index is 985. The van der Waals surface area contributed by atoms with Crippen molar-refractivity contribution < 1.29 is 23.6 Å². The third-order valence-corrected chi connectivity index (χ3v) is 4.84. The zero-order chi connectivity index (χ0) is 18.7. The van der Waals surface area contributed by atoms with Crippen LogP contribution in [0.5, 0.6) is 5.75 Å². The smallest absolute Gasteiger partial charge is 0.348 e. The van der Waals surface area contributed by atoms with Crippen LogP contribution in [0.4, 0.5) is 10.1 Å². The Morgan fingerprint density at radius 3 is 2.73 bits per heavy atom. The van der Waals surface area contributed by atoms with Crippen LogP contribution in [0.2, 0.25) is 0 Å². The van der Waals surface area contributed by atoms with E-state index in [4.69, 9.17) is 9.47 Å². The summed E-state index contributed by atoms with van der Waals surface area (Å²) in [5.41, 5.74) is 0.116. The van der Waals surface area contributed by atoms with Crippen LogP contribution in [0.1, 0.15) is 22.2 Å². The molecule has 0 aliphatic heterocycles. The largest absolute Gasteiger partial charge is 0.482 e. The molecular formula is C18H14FNO5S. The highest BCUT2D eigenvalue weighted by Gasteiger charge is 2.23. The summed E-state index contributed by atoms with van der Waals surface area (Å²) in [6.07, 6.45) is 0. The maximum absolute atomic E-state index is 14.3. The van der Waals surface area contributed by atoms with Crippen molar-refractivity contribution in [1.82, 2.24) is 0 Å². The zero-order valence-corrected chi connectivity index (χ0v) is 14.5. The minimum atomic E-state index is -0.575. The van der Waals surface area contributed by atoms with Crippen molar-refractivity contribution in [2.45, 2.75) is 13.5 Å². The number of halogens is 1. The van der Waals surface area contributed by atoms with Crippen molar-refractivity contribution in [2.75, 3.05) is 6.61 Å². The third-order valence-electron chi connectivity index (χ3n) is 3.66. The summed E-state index contributed by atoms with van der Waals surface area (Å²) >= 11 is 1.10. The molecule has 0 N–H and O–H groups in total. The number of nitro groups is 1. The van der Waals surface area contributed by atoms with Crippen LogP contribution in [0.25, 0.3) is 10.1 Å². The van der Waals surface area contributed by atoms with Crippen LogP contribution in [-0.4, -0.2) is 17.5 Å². The summed E-state index contributed by atoms with van der Waals surface area (Å²) in [6.45, 7) is 1.66. The van der Waals surface area contributed by atoms with Crippen LogP contribution in [0.3, 0.4) is 0 Å². The SMILES string of the molecule is CCOC(=O)c1sc2cccc(F)c2c1COc1ccccc1[N+](=O)[O-]. The molecular weight excluding hydrogens is 361 g/mol. The summed E-state index contributed by atoms with van der Waals surface area (Å²) in [4.78, 5) is 23.0. The van der Waals surface area contributed by atoms with Gasteiger partial charge in [-0.25, -0.2) is 9.18 Å². The van der Waals surface area contributed by atoms with E-state index in [1.165, 1.54) is 24.3 Å². The molecule has 0 spiro atoms. The predicted octanol–water partition coefficient (Wildman–Crippen LogP) is 4.70. The highest BCUT2D eigenvalue weighted by atomic mass is 32.1. The lowest BCUT2D eigenvalue weighted by Crippen LogP contribution is -2.08. The highest BCUT2D eigenvalue weighted by molar-refractivity contribution is 7.21. The van der Waals surface area contributed by atoms with E-state index in [2.05, 4.69) is 0 Å². The van der Waals surface area contributed by atoms with Crippen molar-refractivity contribution >= 4 is 33.1 Å². The number of esters is 1. The van der Waals surface area contributed by atoms with Crippen molar-refractivity contribution in [3.05, 3.63) is 68.8 Å². The molecule has 0 fully saturated rings. The summed E-state index contributed by atoms with van der Waals surface area (Å²) in [5.74, 6) is -1.02. The molecule has 1 heterocycles. The van der Waals surface area contributed by atoms with Gasteiger partial charge in [0.05, 0.1) is 11.5 Å². The van der Waals surface area contributed by atoms with E-state index in [1.807, 2.05) is 0 Å². The quantitative estimate of drug-likeness (QED) is 0.354. The number of thiophene rings is 1. The van der Waals surface area contributed by atoms with Crippen molar-refractivity contribution in [3.63, 3.8) is 0 Å². The summed E-state index contributed by atoms with van der Waals surface area (Å²) in [6, 6.07) is 10.4. The van der Waals surface area contributed by atoms with Gasteiger partial charge < -0.3 is 9.47 Å². The number of nitrogens with zero attached hydrogens (tertiary/aromatic N) is 1. The molecule has 3 rings (SSSR count). The van der Waals surface area contributed by atoms with Crippen molar-refractivity contribution in [2.24, 2.45) is 0 Å². The number of benzene rings is 2. The molecule has 0 atom stereocenters. The lowest BCUT2D eigenvalue weighted by molar-refractivity contribution is -0.385. The topological polar surface area (TPSA) is 78.7 Å². The van der Waals surface area contributed by atoms with E-state index in [1.54, 1.807) is 25.1 Å². The minimum absolute atomic E-state index is 0.0444. The normalized spacial score (nSPS) is 10.7. The van der Waals surface area contributed by atoms with Crippen LogP contribution in [-0.2, 0) is 11.3 Å². The molecule has 2 aromatic carbocycles. The van der Waals surface area contributed by atoms with Crippen LogP contribution in [0.15, 0.2) is 42.5 Å². The van der Waals surface area contributed by atoms with Gasteiger partial charge in [0.25, 0.3) is 0 Å². The second kappa shape index (κ2) is 7.49. The molecule has 0 unspecified atom stereocenters. The fraction of sp³-hybridized carbons (Fsp3) is 0.167. The zero-order valence-electron chi connectivity index (χ0n) is 13.7. The van der Waals surface area contributed by atoms with Crippen LogP contribution < -0.4 is 4.74 Å². The average molecular weight is 375 g/mol. The van der Waals surface area contributed by atoms with Gasteiger partial charge in [-0.2, -0.15) is 0 Å². The lowest BCUT2D eigenvalue weighted by Gasteiger charge is -2.08. The molecule has 0 aliphatic carbocycles. The fourth-order valence-electron chi connectivity index (χ4n) is 2.55. The Kier molecular flexibility index (Phi) is 5.13. The number of carbonyl (C=O) groups excluding carboxylic acids is 1. The van der Waals surface area contributed by atoms with E-state index in [0.29, 0.717) is 10.3 Å². The fourth-order valence-corrected chi connectivity index (χ4v) is 3.66. The number of rotatable bonds is 6. The minimum Gasteiger partial charge on any atom is -0.482 e. The predicted molar refractivity (Wildman–Crippen MR) is 95.2 cm³/mol. The first-order chi connectivity index (χ1) is 12.5. The molecule has 6 nitrogen and oxygen atoms in total. The maximum atomic E-state index is 14.3. The van der Waals surface area contributed by atoms with Gasteiger partial charge in [0.2, 0.25) is 0 Å². The molecule has 1 aromatic heterocycles. The van der Waals surface area contributed by atoms with E-state index in [9.17, 15) is 19.3 Å². The Hall–Kier alpha value is -3.00. The first kappa shape index (κ1) is 17.8. The molecule has 0 saturated carbocycles. The van der Waals surface area contributed by atoms with Crippen molar-refractivity contribution in [3.8, 4) is 5.75 Å². The second-order valence-corrected chi connectivity index (χ2v) is 6.31. The molecule has 0 bridgehead atoms. The molecule has 26 heavy (non-hydrogen) atoms. The average Bonchev–Trinajstić information content (AvgIpc) is 3.00. The molecule has 8 heteroatoms. The van der Waals surface area contributed by atoms with Crippen molar-refractivity contribution in [1.29, 1.82) is 0 Å².